The van der Waals surface area contributed by atoms with Crippen molar-refractivity contribution in [2.24, 2.45) is 0 Å². The topological polar surface area (TPSA) is 36.4 Å². The van der Waals surface area contributed by atoms with Gasteiger partial charge in [0.2, 0.25) is 0 Å². The monoisotopic (exact) mass is 403 g/mol. The molecule has 1 aromatic carbocycles. The molecule has 0 atom stereocenters. The van der Waals surface area contributed by atoms with Gasteiger partial charge in [0.25, 0.3) is 5.91 Å². The van der Waals surface area contributed by atoms with Crippen LogP contribution in [0.3, 0.4) is 0 Å². The van der Waals surface area contributed by atoms with Crippen molar-refractivity contribution >= 4 is 45.9 Å². The van der Waals surface area contributed by atoms with E-state index in [4.69, 9.17) is 11.6 Å². The van der Waals surface area contributed by atoms with Crippen LogP contribution in [-0.4, -0.2) is 42.0 Å². The number of amides is 1. The number of benzene rings is 1. The van der Waals surface area contributed by atoms with Crippen LogP contribution in [0.5, 0.6) is 0 Å². The van der Waals surface area contributed by atoms with Crippen molar-refractivity contribution < 1.29 is 4.79 Å². The second-order valence-corrected chi connectivity index (χ2v) is 8.33. The normalized spacial score (nSPS) is 14.7. The molecule has 3 aromatic rings. The van der Waals surface area contributed by atoms with Gasteiger partial charge < -0.3 is 9.80 Å². The number of nitrogens with zero attached hydrogens (tertiary/aromatic N) is 3. The van der Waals surface area contributed by atoms with E-state index in [2.05, 4.69) is 22.2 Å². The van der Waals surface area contributed by atoms with Crippen molar-refractivity contribution in [3.63, 3.8) is 0 Å². The first-order valence-corrected chi connectivity index (χ1v) is 10.6. The summed E-state index contributed by atoms with van der Waals surface area (Å²) in [7, 11) is 0. The van der Waals surface area contributed by atoms with Crippen molar-refractivity contribution in [3.8, 4) is 10.6 Å². The van der Waals surface area contributed by atoms with Crippen molar-refractivity contribution in [2.45, 2.75) is 6.92 Å². The molecular weight excluding hydrogens is 386 g/mol. The van der Waals surface area contributed by atoms with E-state index in [-0.39, 0.29) is 5.91 Å². The maximum atomic E-state index is 12.8. The third-order valence-electron chi connectivity index (χ3n) is 4.57. The summed E-state index contributed by atoms with van der Waals surface area (Å²) in [5, 5.41) is 7.59. The van der Waals surface area contributed by atoms with E-state index < -0.39 is 0 Å². The second kappa shape index (κ2) is 7.39. The number of rotatable bonds is 3. The summed E-state index contributed by atoms with van der Waals surface area (Å²) in [4.78, 5) is 21.5. The fourth-order valence-electron chi connectivity index (χ4n) is 3.13. The lowest BCUT2D eigenvalue weighted by Gasteiger charge is -2.36. The molecule has 3 heterocycles. The third kappa shape index (κ3) is 3.49. The van der Waals surface area contributed by atoms with Gasteiger partial charge in [0, 0.05) is 53.2 Å². The Balaban J connectivity index is 1.43. The minimum Gasteiger partial charge on any atom is -0.368 e. The lowest BCUT2D eigenvalue weighted by molar-refractivity contribution is 0.0742. The van der Waals surface area contributed by atoms with Crippen LogP contribution in [0.25, 0.3) is 10.6 Å². The number of carbonyl (C=O) groups excluding carboxylic acids is 1. The fraction of sp³-hybridized carbons (Fsp3) is 0.263. The molecule has 7 heteroatoms. The Labute approximate surface area is 165 Å². The van der Waals surface area contributed by atoms with Gasteiger partial charge in [0.05, 0.1) is 0 Å². The lowest BCUT2D eigenvalue weighted by atomic mass is 10.1. The van der Waals surface area contributed by atoms with Gasteiger partial charge >= 0.3 is 0 Å². The first kappa shape index (κ1) is 17.5. The van der Waals surface area contributed by atoms with Crippen LogP contribution in [0.1, 0.15) is 16.1 Å². The second-order valence-electron chi connectivity index (χ2n) is 6.26. The Morgan fingerprint density at radius 3 is 2.69 bits per heavy atom. The van der Waals surface area contributed by atoms with Gasteiger partial charge in [-0.25, -0.2) is 4.98 Å². The molecule has 26 heavy (non-hydrogen) atoms. The Morgan fingerprint density at radius 1 is 1.15 bits per heavy atom. The molecular formula is C19H18ClN3OS2. The first-order valence-electron chi connectivity index (χ1n) is 8.40. The summed E-state index contributed by atoms with van der Waals surface area (Å²) in [6, 6.07) is 7.98. The molecule has 0 unspecified atom stereocenters. The zero-order valence-electron chi connectivity index (χ0n) is 14.3. The van der Waals surface area contributed by atoms with Gasteiger partial charge in [0.15, 0.2) is 0 Å². The summed E-state index contributed by atoms with van der Waals surface area (Å²) in [6.07, 6.45) is 0. The zero-order valence-corrected chi connectivity index (χ0v) is 16.7. The Kier molecular flexibility index (Phi) is 4.98. The highest BCUT2D eigenvalue weighted by molar-refractivity contribution is 7.14. The standard InChI is InChI=1S/C19H18ClN3OS2/c1-13-2-3-15(20)10-17(13)22-5-7-23(8-6-22)19(24)16-12-26-18(21-16)14-4-9-25-11-14/h2-4,9-12H,5-8H2,1H3. The predicted molar refractivity (Wildman–Crippen MR) is 110 cm³/mol. The molecule has 1 saturated heterocycles. The minimum absolute atomic E-state index is 0.0187. The molecule has 0 radical (unpaired) electrons. The molecule has 0 saturated carbocycles. The molecule has 0 bridgehead atoms. The molecule has 4 nitrogen and oxygen atoms in total. The van der Waals surface area contributed by atoms with Gasteiger partial charge in [-0.2, -0.15) is 11.3 Å². The number of thiazole rings is 1. The average molecular weight is 404 g/mol. The predicted octanol–water partition coefficient (Wildman–Crippen LogP) is 4.80. The highest BCUT2D eigenvalue weighted by atomic mass is 35.5. The third-order valence-corrected chi connectivity index (χ3v) is 6.38. The number of piperazine rings is 1. The summed E-state index contributed by atoms with van der Waals surface area (Å²) in [6.45, 7) is 5.07. The molecule has 2 aromatic heterocycles. The zero-order chi connectivity index (χ0) is 18.1. The number of aromatic nitrogens is 1. The average Bonchev–Trinajstić information content (AvgIpc) is 3.35. The molecule has 0 aliphatic carbocycles. The van der Waals surface area contributed by atoms with Gasteiger partial charge in [-0.1, -0.05) is 17.7 Å². The Hall–Kier alpha value is -1.89. The molecule has 0 N–H and O–H groups in total. The summed E-state index contributed by atoms with van der Waals surface area (Å²) >= 11 is 9.30. The smallest absolute Gasteiger partial charge is 0.273 e. The van der Waals surface area contributed by atoms with Crippen LogP contribution >= 0.6 is 34.3 Å². The molecule has 0 spiro atoms. The number of thiophene rings is 1. The van der Waals surface area contributed by atoms with Crippen LogP contribution in [0.15, 0.2) is 40.4 Å². The van der Waals surface area contributed by atoms with Gasteiger partial charge in [-0.3, -0.25) is 4.79 Å². The van der Waals surface area contributed by atoms with E-state index in [0.29, 0.717) is 18.8 Å². The van der Waals surface area contributed by atoms with E-state index >= 15 is 0 Å². The van der Waals surface area contributed by atoms with E-state index in [1.165, 1.54) is 16.9 Å². The summed E-state index contributed by atoms with van der Waals surface area (Å²) in [5.74, 6) is 0.0187. The fourth-order valence-corrected chi connectivity index (χ4v) is 4.80. The van der Waals surface area contributed by atoms with E-state index in [1.807, 2.05) is 39.9 Å². The highest BCUT2D eigenvalue weighted by Crippen LogP contribution is 2.28. The number of anilines is 1. The number of halogens is 1. The number of hydrogen-bond acceptors (Lipinski definition) is 5. The maximum Gasteiger partial charge on any atom is 0.273 e. The van der Waals surface area contributed by atoms with E-state index in [1.54, 1.807) is 11.3 Å². The Morgan fingerprint density at radius 2 is 1.96 bits per heavy atom. The molecule has 1 aliphatic rings. The quantitative estimate of drug-likeness (QED) is 0.630. The van der Waals surface area contributed by atoms with E-state index in [9.17, 15) is 4.79 Å². The SMILES string of the molecule is Cc1ccc(Cl)cc1N1CCN(C(=O)c2csc(-c3ccsc3)n2)CC1. The number of aryl methyl sites for hydroxylation is 1. The Bertz CT molecular complexity index is 915. The van der Waals surface area contributed by atoms with Gasteiger partial charge in [-0.05, 0) is 36.1 Å². The van der Waals surface area contributed by atoms with Crippen molar-refractivity contribution in [3.05, 3.63) is 56.7 Å². The van der Waals surface area contributed by atoms with Crippen molar-refractivity contribution in [1.82, 2.24) is 9.88 Å². The molecule has 1 aliphatic heterocycles. The maximum absolute atomic E-state index is 12.8. The van der Waals surface area contributed by atoms with Crippen LogP contribution in [-0.2, 0) is 0 Å². The molecule has 134 valence electrons. The summed E-state index contributed by atoms with van der Waals surface area (Å²) in [5.41, 5.74) is 3.98. The molecule has 1 fully saturated rings. The summed E-state index contributed by atoms with van der Waals surface area (Å²) < 4.78 is 0. The van der Waals surface area contributed by atoms with Crippen LogP contribution in [0.2, 0.25) is 5.02 Å². The minimum atomic E-state index is 0.0187. The van der Waals surface area contributed by atoms with Crippen LogP contribution in [0, 0.1) is 6.92 Å². The van der Waals surface area contributed by atoms with Gasteiger partial charge in [0.1, 0.15) is 10.7 Å². The van der Waals surface area contributed by atoms with E-state index in [0.717, 1.165) is 34.4 Å². The van der Waals surface area contributed by atoms with Gasteiger partial charge in [-0.15, -0.1) is 11.3 Å². The van der Waals surface area contributed by atoms with Crippen molar-refractivity contribution in [1.29, 1.82) is 0 Å². The largest absolute Gasteiger partial charge is 0.368 e. The van der Waals surface area contributed by atoms with Crippen LogP contribution < -0.4 is 4.90 Å². The van der Waals surface area contributed by atoms with Crippen LogP contribution in [0.4, 0.5) is 5.69 Å². The van der Waals surface area contributed by atoms with Crippen molar-refractivity contribution in [2.75, 3.05) is 31.1 Å². The molecule has 1 amide bonds. The highest BCUT2D eigenvalue weighted by Gasteiger charge is 2.25. The number of hydrogen-bond donors (Lipinski definition) is 0. The molecule has 4 rings (SSSR count). The number of carbonyl (C=O) groups is 1. The first-order chi connectivity index (χ1) is 12.6. The lowest BCUT2D eigenvalue weighted by Crippen LogP contribution is -2.49.